The van der Waals surface area contributed by atoms with Gasteiger partial charge in [-0.3, -0.25) is 4.79 Å². The number of carbonyl (C=O) groups is 1. The molecule has 1 aromatic carbocycles. The van der Waals surface area contributed by atoms with Crippen LogP contribution in [0.1, 0.15) is 38.0 Å². The molecule has 2 aromatic rings. The van der Waals surface area contributed by atoms with E-state index in [1.54, 1.807) is 14.1 Å². The molecule has 0 spiro atoms. The van der Waals surface area contributed by atoms with Crippen LogP contribution >= 0.6 is 0 Å². The number of rotatable bonds is 8. The zero-order chi connectivity index (χ0) is 17.5. The minimum atomic E-state index is -0.0924. The number of benzene rings is 1. The van der Waals surface area contributed by atoms with E-state index in [0.717, 1.165) is 24.4 Å². The van der Waals surface area contributed by atoms with Gasteiger partial charge in [0.05, 0.1) is 0 Å². The van der Waals surface area contributed by atoms with Gasteiger partial charge >= 0.3 is 0 Å². The van der Waals surface area contributed by atoms with Crippen molar-refractivity contribution in [2.24, 2.45) is 0 Å². The Balaban J connectivity index is 1.89. The monoisotopic (exact) mass is 332 g/mol. The highest BCUT2D eigenvalue weighted by Gasteiger charge is 2.14. The van der Waals surface area contributed by atoms with E-state index in [9.17, 15) is 4.79 Å². The number of amides is 1. The summed E-state index contributed by atoms with van der Waals surface area (Å²) in [4.78, 5) is 17.4. The molecule has 0 saturated carbocycles. The number of carbonyl (C=O) groups excluding carboxylic acids is 1. The summed E-state index contributed by atoms with van der Waals surface area (Å²) in [5.41, 5.74) is 0.907. The highest BCUT2D eigenvalue weighted by atomic mass is 16.5. The van der Waals surface area contributed by atoms with Crippen LogP contribution in [0.3, 0.4) is 0 Å². The van der Waals surface area contributed by atoms with Crippen molar-refractivity contribution >= 4 is 11.6 Å². The van der Waals surface area contributed by atoms with Crippen LogP contribution in [0.2, 0.25) is 0 Å². The van der Waals surface area contributed by atoms with E-state index in [4.69, 9.17) is 9.26 Å². The third-order valence-electron chi connectivity index (χ3n) is 3.43. The SMILES string of the molecule is CCCc1noc(C(C)Nc2ccc(OCC(=O)N(C)C)cc2)n1. The first-order valence-corrected chi connectivity index (χ1v) is 8.01. The molecule has 0 bridgehead atoms. The molecule has 0 aliphatic carbocycles. The van der Waals surface area contributed by atoms with Crippen LogP contribution in [-0.4, -0.2) is 41.6 Å². The Bertz CT molecular complexity index is 652. The van der Waals surface area contributed by atoms with Crippen LogP contribution in [0.4, 0.5) is 5.69 Å². The van der Waals surface area contributed by atoms with Gasteiger partial charge in [-0.15, -0.1) is 0 Å². The fourth-order valence-corrected chi connectivity index (χ4v) is 2.00. The number of likely N-dealkylation sites (N-methyl/N-ethyl adjacent to an activating group) is 1. The highest BCUT2D eigenvalue weighted by Crippen LogP contribution is 2.21. The smallest absolute Gasteiger partial charge is 0.259 e. The minimum absolute atomic E-state index is 0.0262. The number of nitrogens with one attached hydrogen (secondary N) is 1. The molecule has 1 atom stereocenters. The summed E-state index contributed by atoms with van der Waals surface area (Å²) in [7, 11) is 3.40. The van der Waals surface area contributed by atoms with Gasteiger partial charge < -0.3 is 19.5 Å². The van der Waals surface area contributed by atoms with Gasteiger partial charge in [-0.1, -0.05) is 12.1 Å². The van der Waals surface area contributed by atoms with Crippen molar-refractivity contribution in [1.82, 2.24) is 15.0 Å². The van der Waals surface area contributed by atoms with Crippen molar-refractivity contribution in [3.05, 3.63) is 36.0 Å². The summed E-state index contributed by atoms with van der Waals surface area (Å²) in [6.45, 7) is 4.06. The van der Waals surface area contributed by atoms with Crippen molar-refractivity contribution in [3.63, 3.8) is 0 Å². The lowest BCUT2D eigenvalue weighted by Crippen LogP contribution is -2.27. The zero-order valence-corrected chi connectivity index (χ0v) is 14.6. The number of nitrogens with zero attached hydrogens (tertiary/aromatic N) is 3. The van der Waals surface area contributed by atoms with Gasteiger partial charge in [0.25, 0.3) is 5.91 Å². The molecule has 130 valence electrons. The average Bonchev–Trinajstić information content (AvgIpc) is 3.03. The van der Waals surface area contributed by atoms with E-state index in [1.165, 1.54) is 4.90 Å². The topological polar surface area (TPSA) is 80.5 Å². The fraction of sp³-hybridized carbons (Fsp3) is 0.471. The van der Waals surface area contributed by atoms with Crippen LogP contribution in [0.15, 0.2) is 28.8 Å². The molecule has 0 fully saturated rings. The number of ether oxygens (including phenoxy) is 1. The lowest BCUT2D eigenvalue weighted by molar-refractivity contribution is -0.130. The Morgan fingerprint density at radius 3 is 2.67 bits per heavy atom. The standard InChI is InChI=1S/C17H24N4O3/c1-5-6-15-19-17(24-20-15)12(2)18-13-7-9-14(10-8-13)23-11-16(22)21(3)4/h7-10,12,18H,5-6,11H2,1-4H3. The van der Waals surface area contributed by atoms with E-state index in [0.29, 0.717) is 11.6 Å². The molecule has 7 nitrogen and oxygen atoms in total. The molecular weight excluding hydrogens is 308 g/mol. The summed E-state index contributed by atoms with van der Waals surface area (Å²) in [5, 5.41) is 7.25. The molecule has 1 N–H and O–H groups in total. The molecule has 2 rings (SSSR count). The second-order valence-corrected chi connectivity index (χ2v) is 5.77. The Morgan fingerprint density at radius 1 is 1.33 bits per heavy atom. The number of aromatic nitrogens is 2. The molecule has 0 radical (unpaired) electrons. The number of hydrogen-bond acceptors (Lipinski definition) is 6. The maximum atomic E-state index is 11.5. The van der Waals surface area contributed by atoms with Crippen molar-refractivity contribution in [2.45, 2.75) is 32.7 Å². The van der Waals surface area contributed by atoms with Crippen LogP contribution in [0, 0.1) is 0 Å². The lowest BCUT2D eigenvalue weighted by atomic mass is 10.2. The largest absolute Gasteiger partial charge is 0.484 e. The van der Waals surface area contributed by atoms with Crippen molar-refractivity contribution < 1.29 is 14.1 Å². The average molecular weight is 332 g/mol. The van der Waals surface area contributed by atoms with Gasteiger partial charge in [-0.2, -0.15) is 4.98 Å². The molecule has 1 unspecified atom stereocenters. The Labute approximate surface area is 142 Å². The molecule has 1 aromatic heterocycles. The van der Waals surface area contributed by atoms with Crippen LogP contribution in [0.5, 0.6) is 5.75 Å². The predicted molar refractivity (Wildman–Crippen MR) is 91.0 cm³/mol. The normalized spacial score (nSPS) is 11.8. The summed E-state index contributed by atoms with van der Waals surface area (Å²) in [5.74, 6) is 1.86. The Hall–Kier alpha value is -2.57. The molecule has 1 heterocycles. The third-order valence-corrected chi connectivity index (χ3v) is 3.43. The maximum absolute atomic E-state index is 11.5. The molecule has 1 amide bonds. The van der Waals surface area contributed by atoms with E-state index >= 15 is 0 Å². The van der Waals surface area contributed by atoms with E-state index in [-0.39, 0.29) is 18.6 Å². The van der Waals surface area contributed by atoms with Crippen LogP contribution < -0.4 is 10.1 Å². The zero-order valence-electron chi connectivity index (χ0n) is 14.6. The minimum Gasteiger partial charge on any atom is -0.484 e. The summed E-state index contributed by atoms with van der Waals surface area (Å²) in [6, 6.07) is 7.30. The fourth-order valence-electron chi connectivity index (χ4n) is 2.00. The van der Waals surface area contributed by atoms with Gasteiger partial charge in [-0.05, 0) is 37.6 Å². The summed E-state index contributed by atoms with van der Waals surface area (Å²) < 4.78 is 10.7. The number of hydrogen-bond donors (Lipinski definition) is 1. The van der Waals surface area contributed by atoms with E-state index in [1.807, 2.05) is 31.2 Å². The van der Waals surface area contributed by atoms with Crippen molar-refractivity contribution in [1.29, 1.82) is 0 Å². The van der Waals surface area contributed by atoms with Gasteiger partial charge in [0.1, 0.15) is 11.8 Å². The van der Waals surface area contributed by atoms with Gasteiger partial charge in [0.15, 0.2) is 12.4 Å². The maximum Gasteiger partial charge on any atom is 0.259 e. The summed E-state index contributed by atoms with van der Waals surface area (Å²) >= 11 is 0. The molecule has 0 aliphatic rings. The Kier molecular flexibility index (Phi) is 6.17. The van der Waals surface area contributed by atoms with Crippen LogP contribution in [-0.2, 0) is 11.2 Å². The van der Waals surface area contributed by atoms with Crippen LogP contribution in [0.25, 0.3) is 0 Å². The first kappa shape index (κ1) is 17.8. The molecule has 0 saturated heterocycles. The Morgan fingerprint density at radius 2 is 2.04 bits per heavy atom. The van der Waals surface area contributed by atoms with E-state index in [2.05, 4.69) is 22.4 Å². The molecule has 7 heteroatoms. The highest BCUT2D eigenvalue weighted by molar-refractivity contribution is 5.77. The molecule has 0 aliphatic heterocycles. The van der Waals surface area contributed by atoms with E-state index < -0.39 is 0 Å². The second kappa shape index (κ2) is 8.33. The predicted octanol–water partition coefficient (Wildman–Crippen LogP) is 2.66. The number of aryl methyl sites for hydroxylation is 1. The quantitative estimate of drug-likeness (QED) is 0.800. The first-order chi connectivity index (χ1) is 11.5. The summed E-state index contributed by atoms with van der Waals surface area (Å²) in [6.07, 6.45) is 1.80. The van der Waals surface area contributed by atoms with Crippen molar-refractivity contribution in [2.75, 3.05) is 26.0 Å². The second-order valence-electron chi connectivity index (χ2n) is 5.77. The molecular formula is C17H24N4O3. The number of anilines is 1. The third kappa shape index (κ3) is 4.97. The van der Waals surface area contributed by atoms with Gasteiger partial charge in [0.2, 0.25) is 5.89 Å². The molecule has 24 heavy (non-hydrogen) atoms. The van der Waals surface area contributed by atoms with Crippen molar-refractivity contribution in [3.8, 4) is 5.75 Å². The lowest BCUT2D eigenvalue weighted by Gasteiger charge is -2.13. The van der Waals surface area contributed by atoms with Gasteiger partial charge in [-0.25, -0.2) is 0 Å². The first-order valence-electron chi connectivity index (χ1n) is 8.01. The van der Waals surface area contributed by atoms with Gasteiger partial charge in [0, 0.05) is 26.2 Å².